The summed E-state index contributed by atoms with van der Waals surface area (Å²) in [6, 6.07) is 1.65. The van der Waals surface area contributed by atoms with Crippen molar-refractivity contribution in [2.75, 3.05) is 30.9 Å². The van der Waals surface area contributed by atoms with E-state index in [9.17, 15) is 8.42 Å². The van der Waals surface area contributed by atoms with Crippen LogP contribution in [0.3, 0.4) is 0 Å². The lowest BCUT2D eigenvalue weighted by molar-refractivity contribution is 0.362. The average Bonchev–Trinajstić information content (AvgIpc) is 2.64. The molecule has 0 unspecified atom stereocenters. The maximum atomic E-state index is 11.9. The predicted molar refractivity (Wildman–Crippen MR) is 60.3 cm³/mol. The van der Waals surface area contributed by atoms with E-state index in [0.717, 1.165) is 5.69 Å². The van der Waals surface area contributed by atoms with Crippen LogP contribution in [0.5, 0.6) is 0 Å². The van der Waals surface area contributed by atoms with Crippen LogP contribution in [0.4, 0.5) is 5.82 Å². The Morgan fingerprint density at radius 3 is 2.69 bits per heavy atom. The van der Waals surface area contributed by atoms with Gasteiger partial charge in [-0.3, -0.25) is 9.82 Å². The number of hydrogen-bond acceptors (Lipinski definition) is 4. The van der Waals surface area contributed by atoms with Crippen LogP contribution in [-0.4, -0.2) is 49.1 Å². The Balaban J connectivity index is 2.07. The Bertz CT molecular complexity index is 449. The molecule has 1 fully saturated rings. The Morgan fingerprint density at radius 1 is 1.44 bits per heavy atom. The van der Waals surface area contributed by atoms with Gasteiger partial charge in [-0.05, 0) is 6.92 Å². The summed E-state index contributed by atoms with van der Waals surface area (Å²) in [5, 5.41) is 9.62. The van der Waals surface area contributed by atoms with Gasteiger partial charge < -0.3 is 5.32 Å². The summed E-state index contributed by atoms with van der Waals surface area (Å²) in [7, 11) is -3.46. The first-order valence-electron chi connectivity index (χ1n) is 5.08. The molecule has 8 heteroatoms. The minimum absolute atomic E-state index is 0.330. The van der Waals surface area contributed by atoms with Crippen molar-refractivity contribution in [2.45, 2.75) is 6.92 Å². The zero-order chi connectivity index (χ0) is 11.6. The summed E-state index contributed by atoms with van der Waals surface area (Å²) in [6.07, 6.45) is 0. The van der Waals surface area contributed by atoms with Crippen molar-refractivity contribution in [1.82, 2.24) is 19.8 Å². The molecule has 1 aliphatic heterocycles. The number of anilines is 1. The number of aromatic nitrogens is 2. The van der Waals surface area contributed by atoms with E-state index in [1.54, 1.807) is 6.07 Å². The first-order chi connectivity index (χ1) is 7.58. The second kappa shape index (κ2) is 4.40. The summed E-state index contributed by atoms with van der Waals surface area (Å²) in [4.78, 5) is 0. The van der Waals surface area contributed by atoms with Crippen LogP contribution in [-0.2, 0) is 10.2 Å². The molecule has 1 aliphatic rings. The summed E-state index contributed by atoms with van der Waals surface area (Å²) in [5.74, 6) is 0.330. The fraction of sp³-hybridized carbons (Fsp3) is 0.625. The van der Waals surface area contributed by atoms with Crippen LogP contribution < -0.4 is 10.0 Å². The zero-order valence-electron chi connectivity index (χ0n) is 9.02. The molecule has 90 valence electrons. The maximum Gasteiger partial charge on any atom is 0.302 e. The van der Waals surface area contributed by atoms with Crippen LogP contribution >= 0.6 is 0 Å². The molecule has 2 heterocycles. The molecule has 0 atom stereocenters. The number of aromatic amines is 1. The number of H-pyrrole nitrogens is 1. The molecule has 0 bridgehead atoms. The topological polar surface area (TPSA) is 90.1 Å². The van der Waals surface area contributed by atoms with Crippen molar-refractivity contribution in [2.24, 2.45) is 0 Å². The van der Waals surface area contributed by atoms with E-state index >= 15 is 0 Å². The number of rotatable bonds is 3. The molecule has 0 aromatic carbocycles. The molecule has 0 spiro atoms. The molecule has 16 heavy (non-hydrogen) atoms. The fourth-order valence-electron chi connectivity index (χ4n) is 1.55. The summed E-state index contributed by atoms with van der Waals surface area (Å²) in [5.41, 5.74) is 0.818. The first kappa shape index (κ1) is 11.4. The van der Waals surface area contributed by atoms with Gasteiger partial charge in [-0.2, -0.15) is 17.8 Å². The largest absolute Gasteiger partial charge is 0.314 e. The van der Waals surface area contributed by atoms with Crippen molar-refractivity contribution >= 4 is 16.0 Å². The number of piperazine rings is 1. The number of hydrogen-bond donors (Lipinski definition) is 3. The highest BCUT2D eigenvalue weighted by molar-refractivity contribution is 7.90. The van der Waals surface area contributed by atoms with E-state index in [2.05, 4.69) is 20.2 Å². The van der Waals surface area contributed by atoms with Crippen LogP contribution in [0.15, 0.2) is 6.07 Å². The molecule has 0 radical (unpaired) electrons. The minimum Gasteiger partial charge on any atom is -0.314 e. The van der Waals surface area contributed by atoms with E-state index in [1.807, 2.05) is 6.92 Å². The molecule has 1 saturated heterocycles. The van der Waals surface area contributed by atoms with Crippen LogP contribution in [0.25, 0.3) is 0 Å². The normalized spacial score (nSPS) is 18.6. The van der Waals surface area contributed by atoms with Gasteiger partial charge >= 0.3 is 10.2 Å². The van der Waals surface area contributed by atoms with E-state index < -0.39 is 10.2 Å². The molecule has 3 N–H and O–H groups in total. The van der Waals surface area contributed by atoms with Crippen LogP contribution in [0.1, 0.15) is 5.69 Å². The second-order valence-electron chi connectivity index (χ2n) is 3.69. The highest BCUT2D eigenvalue weighted by Gasteiger charge is 2.24. The molecule has 0 aliphatic carbocycles. The monoisotopic (exact) mass is 245 g/mol. The first-order valence-corrected chi connectivity index (χ1v) is 6.52. The molecule has 1 aromatic heterocycles. The molecular formula is C8H15N5O2S. The van der Waals surface area contributed by atoms with Crippen molar-refractivity contribution in [1.29, 1.82) is 0 Å². The van der Waals surface area contributed by atoms with E-state index in [-0.39, 0.29) is 0 Å². The number of nitrogens with zero attached hydrogens (tertiary/aromatic N) is 2. The van der Waals surface area contributed by atoms with Crippen molar-refractivity contribution in [3.05, 3.63) is 11.8 Å². The van der Waals surface area contributed by atoms with Gasteiger partial charge in [0.05, 0.1) is 0 Å². The molecule has 1 aromatic rings. The van der Waals surface area contributed by atoms with Gasteiger partial charge in [0.25, 0.3) is 0 Å². The molecule has 0 saturated carbocycles. The summed E-state index contributed by atoms with van der Waals surface area (Å²) < 4.78 is 27.6. The van der Waals surface area contributed by atoms with E-state index in [1.165, 1.54) is 4.31 Å². The summed E-state index contributed by atoms with van der Waals surface area (Å²) >= 11 is 0. The quantitative estimate of drug-likeness (QED) is 0.655. The van der Waals surface area contributed by atoms with Gasteiger partial charge in [0, 0.05) is 37.9 Å². The Morgan fingerprint density at radius 2 is 2.12 bits per heavy atom. The smallest absolute Gasteiger partial charge is 0.302 e. The van der Waals surface area contributed by atoms with Gasteiger partial charge in [0.15, 0.2) is 5.82 Å². The third kappa shape index (κ3) is 2.52. The van der Waals surface area contributed by atoms with Gasteiger partial charge in [0.2, 0.25) is 0 Å². The van der Waals surface area contributed by atoms with Gasteiger partial charge in [-0.25, -0.2) is 0 Å². The van der Waals surface area contributed by atoms with Crippen molar-refractivity contribution in [3.63, 3.8) is 0 Å². The fourth-order valence-corrected chi connectivity index (χ4v) is 2.71. The highest BCUT2D eigenvalue weighted by atomic mass is 32.2. The van der Waals surface area contributed by atoms with Gasteiger partial charge in [0.1, 0.15) is 0 Å². The molecule has 2 rings (SSSR count). The van der Waals surface area contributed by atoms with Gasteiger partial charge in [-0.1, -0.05) is 0 Å². The highest BCUT2D eigenvalue weighted by Crippen LogP contribution is 2.10. The van der Waals surface area contributed by atoms with Crippen LogP contribution in [0, 0.1) is 6.92 Å². The molecule has 7 nitrogen and oxygen atoms in total. The Labute approximate surface area is 94.4 Å². The van der Waals surface area contributed by atoms with Crippen molar-refractivity contribution < 1.29 is 8.42 Å². The number of nitrogens with one attached hydrogen (secondary N) is 3. The van der Waals surface area contributed by atoms with E-state index in [0.29, 0.717) is 32.0 Å². The Hall–Kier alpha value is -1.12. The third-order valence-electron chi connectivity index (χ3n) is 2.36. The van der Waals surface area contributed by atoms with E-state index in [4.69, 9.17) is 0 Å². The minimum atomic E-state index is -3.46. The lowest BCUT2D eigenvalue weighted by Gasteiger charge is -2.26. The molecule has 0 amide bonds. The maximum absolute atomic E-state index is 11.9. The third-order valence-corrected chi connectivity index (χ3v) is 3.87. The lowest BCUT2D eigenvalue weighted by atomic mass is 10.4. The Kier molecular flexibility index (Phi) is 3.13. The standard InChI is InChI=1S/C8H15N5O2S/c1-7-6-8(11-10-7)12-16(14,15)13-4-2-9-3-5-13/h6,9H,2-5H2,1H3,(H2,10,11,12). The van der Waals surface area contributed by atoms with Gasteiger partial charge in [-0.15, -0.1) is 0 Å². The predicted octanol–water partition coefficient (Wildman–Crippen LogP) is -0.720. The second-order valence-corrected chi connectivity index (χ2v) is 5.36. The molecular weight excluding hydrogens is 230 g/mol. The lowest BCUT2D eigenvalue weighted by Crippen LogP contribution is -2.48. The summed E-state index contributed by atoms with van der Waals surface area (Å²) in [6.45, 7) is 4.15. The zero-order valence-corrected chi connectivity index (χ0v) is 9.84. The van der Waals surface area contributed by atoms with Crippen LogP contribution in [0.2, 0.25) is 0 Å². The number of aryl methyl sites for hydroxylation is 1. The average molecular weight is 245 g/mol. The SMILES string of the molecule is Cc1cc(NS(=O)(=O)N2CCNCC2)n[nH]1. The van der Waals surface area contributed by atoms with Crippen molar-refractivity contribution in [3.8, 4) is 0 Å².